The summed E-state index contributed by atoms with van der Waals surface area (Å²) >= 11 is 0. The third kappa shape index (κ3) is 5.53. The van der Waals surface area contributed by atoms with Gasteiger partial charge in [-0.25, -0.2) is 10.2 Å². The number of benzene rings is 2. The van der Waals surface area contributed by atoms with E-state index in [0.29, 0.717) is 24.7 Å². The molecule has 2 amide bonds. The van der Waals surface area contributed by atoms with Crippen molar-refractivity contribution in [3.05, 3.63) is 54.1 Å². The molecule has 24 heavy (non-hydrogen) atoms. The molecule has 0 unspecified atom stereocenters. The van der Waals surface area contributed by atoms with Crippen LogP contribution in [0, 0.1) is 0 Å². The van der Waals surface area contributed by atoms with Crippen molar-refractivity contribution in [2.24, 2.45) is 10.8 Å². The van der Waals surface area contributed by atoms with Gasteiger partial charge in [0.2, 0.25) is 0 Å². The number of nitrogens with one attached hydrogen (secondary N) is 1. The number of rotatable bonds is 8. The lowest BCUT2D eigenvalue weighted by Crippen LogP contribution is -2.24. The van der Waals surface area contributed by atoms with E-state index < -0.39 is 6.03 Å². The summed E-state index contributed by atoms with van der Waals surface area (Å²) < 4.78 is 16.5. The van der Waals surface area contributed by atoms with Gasteiger partial charge in [-0.05, 0) is 35.9 Å². The minimum absolute atomic E-state index is 0.377. The molecule has 0 atom stereocenters. The van der Waals surface area contributed by atoms with Crippen LogP contribution in [-0.2, 0) is 0 Å². The molecular weight excluding hydrogens is 310 g/mol. The van der Waals surface area contributed by atoms with Crippen molar-refractivity contribution in [1.82, 2.24) is 5.43 Å². The Hall–Kier alpha value is -3.22. The summed E-state index contributed by atoms with van der Waals surface area (Å²) in [5.41, 5.74) is 7.78. The highest BCUT2D eigenvalue weighted by Crippen LogP contribution is 2.27. The van der Waals surface area contributed by atoms with Crippen molar-refractivity contribution in [3.8, 4) is 17.2 Å². The largest absolute Gasteiger partial charge is 0.493 e. The molecule has 2 aromatic rings. The summed E-state index contributed by atoms with van der Waals surface area (Å²) in [5.74, 6) is 1.94. The first-order valence-electron chi connectivity index (χ1n) is 7.26. The fraction of sp³-hybridized carbons (Fsp3) is 0.176. The second kappa shape index (κ2) is 9.04. The highest BCUT2D eigenvalue weighted by Gasteiger charge is 2.05. The number of nitrogens with zero attached hydrogens (tertiary/aromatic N) is 1. The lowest BCUT2D eigenvalue weighted by atomic mass is 10.2. The summed E-state index contributed by atoms with van der Waals surface area (Å²) in [4.78, 5) is 10.6. The van der Waals surface area contributed by atoms with Crippen molar-refractivity contribution in [1.29, 1.82) is 0 Å². The lowest BCUT2D eigenvalue weighted by molar-refractivity contribution is 0.211. The topological polar surface area (TPSA) is 95.2 Å². The molecule has 0 saturated heterocycles. The van der Waals surface area contributed by atoms with Gasteiger partial charge < -0.3 is 19.9 Å². The van der Waals surface area contributed by atoms with E-state index in [0.717, 1.165) is 11.3 Å². The lowest BCUT2D eigenvalue weighted by Gasteiger charge is -2.12. The fourth-order valence-corrected chi connectivity index (χ4v) is 1.88. The molecule has 2 rings (SSSR count). The number of nitrogens with two attached hydrogens (primary N) is 1. The van der Waals surface area contributed by atoms with E-state index in [1.165, 1.54) is 6.21 Å². The second-order valence-electron chi connectivity index (χ2n) is 4.65. The molecule has 0 saturated carbocycles. The zero-order valence-electron chi connectivity index (χ0n) is 13.3. The molecule has 0 aromatic heterocycles. The van der Waals surface area contributed by atoms with Gasteiger partial charge in [-0.15, -0.1) is 0 Å². The van der Waals surface area contributed by atoms with Crippen LogP contribution >= 0.6 is 0 Å². The number of urea groups is 1. The van der Waals surface area contributed by atoms with Crippen LogP contribution in [0.15, 0.2) is 53.6 Å². The van der Waals surface area contributed by atoms with Crippen LogP contribution in [-0.4, -0.2) is 32.6 Å². The average molecular weight is 329 g/mol. The Morgan fingerprint density at radius 2 is 1.88 bits per heavy atom. The zero-order valence-corrected chi connectivity index (χ0v) is 13.3. The average Bonchev–Trinajstić information content (AvgIpc) is 2.60. The Morgan fingerprint density at radius 3 is 2.58 bits per heavy atom. The third-order valence-electron chi connectivity index (χ3n) is 2.93. The van der Waals surface area contributed by atoms with Gasteiger partial charge >= 0.3 is 6.03 Å². The Bertz CT molecular complexity index is 689. The molecule has 0 bridgehead atoms. The van der Waals surface area contributed by atoms with E-state index >= 15 is 0 Å². The number of para-hydroxylation sites is 1. The van der Waals surface area contributed by atoms with Crippen molar-refractivity contribution in [3.63, 3.8) is 0 Å². The molecular formula is C17H19N3O4. The summed E-state index contributed by atoms with van der Waals surface area (Å²) in [6, 6.07) is 14.1. The highest BCUT2D eigenvalue weighted by molar-refractivity contribution is 5.82. The van der Waals surface area contributed by atoms with E-state index in [1.54, 1.807) is 25.3 Å². The van der Waals surface area contributed by atoms with Gasteiger partial charge in [-0.2, -0.15) is 5.10 Å². The van der Waals surface area contributed by atoms with Crippen LogP contribution in [0.3, 0.4) is 0 Å². The summed E-state index contributed by atoms with van der Waals surface area (Å²) in [7, 11) is 1.55. The monoisotopic (exact) mass is 329 g/mol. The van der Waals surface area contributed by atoms with Crippen LogP contribution < -0.4 is 25.4 Å². The Balaban J connectivity index is 1.88. The van der Waals surface area contributed by atoms with E-state index in [-0.39, 0.29) is 0 Å². The van der Waals surface area contributed by atoms with E-state index in [9.17, 15) is 4.79 Å². The predicted octanol–water partition coefficient (Wildman–Crippen LogP) is 2.16. The van der Waals surface area contributed by atoms with Crippen molar-refractivity contribution < 1.29 is 19.0 Å². The van der Waals surface area contributed by atoms with Gasteiger partial charge in [-0.3, -0.25) is 0 Å². The standard InChI is InChI=1S/C17H19N3O4/c1-22-16-11-13(12-19-20-17(18)21)7-8-15(16)24-10-9-23-14-5-3-2-4-6-14/h2-8,11-12H,9-10H2,1H3,(H3,18,20,21)/b19-12+. The fourth-order valence-electron chi connectivity index (χ4n) is 1.88. The Kier molecular flexibility index (Phi) is 6.46. The van der Waals surface area contributed by atoms with E-state index in [4.69, 9.17) is 19.9 Å². The number of carbonyl (C=O) groups is 1. The number of carbonyl (C=O) groups excluding carboxylic acids is 1. The van der Waals surface area contributed by atoms with Gasteiger partial charge in [-0.1, -0.05) is 18.2 Å². The second-order valence-corrected chi connectivity index (χ2v) is 4.65. The SMILES string of the molecule is COc1cc(/C=N/NC(N)=O)ccc1OCCOc1ccccc1. The smallest absolute Gasteiger partial charge is 0.332 e. The maximum absolute atomic E-state index is 10.6. The number of hydrogen-bond donors (Lipinski definition) is 2. The summed E-state index contributed by atoms with van der Waals surface area (Å²) in [6.07, 6.45) is 1.45. The Morgan fingerprint density at radius 1 is 1.12 bits per heavy atom. The molecule has 0 heterocycles. The number of methoxy groups -OCH3 is 1. The van der Waals surface area contributed by atoms with Gasteiger partial charge in [0, 0.05) is 0 Å². The van der Waals surface area contributed by atoms with Gasteiger partial charge in [0.15, 0.2) is 11.5 Å². The highest BCUT2D eigenvalue weighted by atomic mass is 16.5. The summed E-state index contributed by atoms with van der Waals surface area (Å²) in [5, 5.41) is 3.69. The minimum atomic E-state index is -0.725. The number of hydrazone groups is 1. The molecule has 0 spiro atoms. The molecule has 7 nitrogen and oxygen atoms in total. The number of amides is 2. The van der Waals surface area contributed by atoms with Gasteiger partial charge in [0.25, 0.3) is 0 Å². The van der Waals surface area contributed by atoms with Gasteiger partial charge in [0.05, 0.1) is 13.3 Å². The zero-order chi connectivity index (χ0) is 17.2. The van der Waals surface area contributed by atoms with Crippen LogP contribution in [0.2, 0.25) is 0 Å². The quantitative estimate of drug-likeness (QED) is 0.441. The maximum Gasteiger partial charge on any atom is 0.332 e. The van der Waals surface area contributed by atoms with Crippen LogP contribution in [0.5, 0.6) is 17.2 Å². The molecule has 7 heteroatoms. The molecule has 0 aliphatic heterocycles. The molecule has 126 valence electrons. The predicted molar refractivity (Wildman–Crippen MR) is 90.7 cm³/mol. The normalized spacial score (nSPS) is 10.4. The van der Waals surface area contributed by atoms with Crippen molar-refractivity contribution in [2.45, 2.75) is 0 Å². The molecule has 0 aliphatic carbocycles. The minimum Gasteiger partial charge on any atom is -0.493 e. The third-order valence-corrected chi connectivity index (χ3v) is 2.93. The summed E-state index contributed by atoms with van der Waals surface area (Å²) in [6.45, 7) is 0.792. The van der Waals surface area contributed by atoms with Crippen molar-refractivity contribution >= 4 is 12.2 Å². The molecule has 0 radical (unpaired) electrons. The van der Waals surface area contributed by atoms with Crippen LogP contribution in [0.25, 0.3) is 0 Å². The molecule has 3 N–H and O–H groups in total. The number of hydrogen-bond acceptors (Lipinski definition) is 5. The molecule has 2 aromatic carbocycles. The van der Waals surface area contributed by atoms with Crippen molar-refractivity contribution in [2.75, 3.05) is 20.3 Å². The first kappa shape index (κ1) is 17.1. The molecule has 0 aliphatic rings. The van der Waals surface area contributed by atoms with Crippen LogP contribution in [0.4, 0.5) is 4.79 Å². The van der Waals surface area contributed by atoms with Gasteiger partial charge in [0.1, 0.15) is 19.0 Å². The number of primary amides is 1. The maximum atomic E-state index is 10.6. The van der Waals surface area contributed by atoms with E-state index in [1.807, 2.05) is 30.3 Å². The Labute approximate surface area is 140 Å². The van der Waals surface area contributed by atoms with Crippen LogP contribution in [0.1, 0.15) is 5.56 Å². The molecule has 0 fully saturated rings. The number of ether oxygens (including phenoxy) is 3. The first-order valence-corrected chi connectivity index (χ1v) is 7.26. The van der Waals surface area contributed by atoms with E-state index in [2.05, 4.69) is 10.5 Å². The first-order chi connectivity index (χ1) is 11.7.